The fraction of sp³-hybridized carbons (Fsp3) is 0.381. The molecule has 1 saturated heterocycles. The summed E-state index contributed by atoms with van der Waals surface area (Å²) in [5.74, 6) is 0.0608. The Balaban J connectivity index is 1.73. The van der Waals surface area contributed by atoms with Gasteiger partial charge in [-0.25, -0.2) is 15.4 Å². The van der Waals surface area contributed by atoms with Crippen molar-refractivity contribution < 1.29 is 9.59 Å². The van der Waals surface area contributed by atoms with E-state index in [9.17, 15) is 9.59 Å². The number of hydrogen-bond acceptors (Lipinski definition) is 5. The number of aromatic nitrogens is 2. The number of hydrogen-bond donors (Lipinski definition) is 1. The lowest BCUT2D eigenvalue weighted by Crippen LogP contribution is -2.40. The quantitative estimate of drug-likeness (QED) is 0.638. The first-order chi connectivity index (χ1) is 13.5. The van der Waals surface area contributed by atoms with Gasteiger partial charge in [0.05, 0.1) is 0 Å². The monoisotopic (exact) mass is 379 g/mol. The average molecular weight is 379 g/mol. The van der Waals surface area contributed by atoms with Gasteiger partial charge in [-0.05, 0) is 38.0 Å². The smallest absolute Gasteiger partial charge is 0.271 e. The normalized spacial score (nSPS) is 15.4. The highest BCUT2D eigenvalue weighted by atomic mass is 16.2. The Morgan fingerprint density at radius 1 is 1.18 bits per heavy atom. The van der Waals surface area contributed by atoms with Crippen molar-refractivity contribution >= 4 is 17.5 Å². The summed E-state index contributed by atoms with van der Waals surface area (Å²) in [6, 6.07) is 9.23. The molecule has 2 heterocycles. The van der Waals surface area contributed by atoms with E-state index in [0.29, 0.717) is 25.1 Å². The fourth-order valence-electron chi connectivity index (χ4n) is 3.30. The zero-order valence-electron chi connectivity index (χ0n) is 16.3. The lowest BCUT2D eigenvalue weighted by Gasteiger charge is -2.31. The number of nitrogens with one attached hydrogen (secondary N) is 1. The van der Waals surface area contributed by atoms with Gasteiger partial charge in [-0.15, -0.1) is 0 Å². The van der Waals surface area contributed by atoms with Crippen molar-refractivity contribution in [1.82, 2.24) is 20.3 Å². The van der Waals surface area contributed by atoms with Gasteiger partial charge in [0.15, 0.2) is 0 Å². The number of likely N-dealkylation sites (tertiary alicyclic amines) is 1. The number of aryl methyl sites for hydroxylation is 1. The molecule has 0 bridgehead atoms. The van der Waals surface area contributed by atoms with Gasteiger partial charge in [-0.2, -0.15) is 5.10 Å². The molecule has 0 aliphatic carbocycles. The van der Waals surface area contributed by atoms with E-state index in [1.807, 2.05) is 30.0 Å². The molecule has 7 heteroatoms. The third-order valence-corrected chi connectivity index (χ3v) is 5.03. The van der Waals surface area contributed by atoms with Crippen molar-refractivity contribution in [3.05, 3.63) is 59.7 Å². The summed E-state index contributed by atoms with van der Waals surface area (Å²) in [6.45, 7) is 4.98. The Labute approximate surface area is 164 Å². The highest BCUT2D eigenvalue weighted by Gasteiger charge is 2.25. The number of benzene rings is 1. The lowest BCUT2D eigenvalue weighted by atomic mass is 9.89. The number of carbonyl (C=O) groups excluding carboxylic acids is 2. The maximum atomic E-state index is 12.4. The third kappa shape index (κ3) is 5.22. The summed E-state index contributed by atoms with van der Waals surface area (Å²) in [5.41, 5.74) is 6.10. The van der Waals surface area contributed by atoms with E-state index in [4.69, 9.17) is 0 Å². The second kappa shape index (κ2) is 9.21. The van der Waals surface area contributed by atoms with Gasteiger partial charge in [0, 0.05) is 55.5 Å². The summed E-state index contributed by atoms with van der Waals surface area (Å²) in [4.78, 5) is 34.1. The number of carbonyl (C=O) groups is 2. The van der Waals surface area contributed by atoms with Crippen LogP contribution in [0.15, 0.2) is 48.0 Å². The minimum Gasteiger partial charge on any atom is -0.343 e. The van der Waals surface area contributed by atoms with Crippen molar-refractivity contribution in [2.24, 2.45) is 11.0 Å². The van der Waals surface area contributed by atoms with Gasteiger partial charge in [-0.1, -0.05) is 17.7 Å². The van der Waals surface area contributed by atoms with E-state index in [2.05, 4.69) is 20.5 Å². The van der Waals surface area contributed by atoms with Crippen LogP contribution in [0.5, 0.6) is 0 Å². The zero-order valence-corrected chi connectivity index (χ0v) is 16.3. The van der Waals surface area contributed by atoms with Crippen LogP contribution < -0.4 is 5.43 Å². The van der Waals surface area contributed by atoms with E-state index in [1.165, 1.54) is 6.33 Å². The summed E-state index contributed by atoms with van der Waals surface area (Å²) < 4.78 is 0. The summed E-state index contributed by atoms with van der Waals surface area (Å²) in [7, 11) is 0. The van der Waals surface area contributed by atoms with Crippen LogP contribution in [0.25, 0.3) is 0 Å². The maximum absolute atomic E-state index is 12.4. The first kappa shape index (κ1) is 19.7. The Kier molecular flexibility index (Phi) is 6.47. The molecule has 0 spiro atoms. The van der Waals surface area contributed by atoms with Crippen LogP contribution in [-0.2, 0) is 11.2 Å². The molecule has 3 rings (SSSR count). The SMILES string of the molecule is CC(=O)N1CCC(/C(Cc2ccncn2)=N\NC(=O)c2ccc(C)cc2)CC1. The molecule has 1 N–H and O–H groups in total. The van der Waals surface area contributed by atoms with E-state index in [0.717, 1.165) is 29.8 Å². The van der Waals surface area contributed by atoms with Crippen LogP contribution in [0.2, 0.25) is 0 Å². The Morgan fingerprint density at radius 2 is 1.89 bits per heavy atom. The molecular weight excluding hydrogens is 354 g/mol. The Morgan fingerprint density at radius 3 is 2.50 bits per heavy atom. The average Bonchev–Trinajstić information content (AvgIpc) is 2.72. The molecule has 0 saturated carbocycles. The van der Waals surface area contributed by atoms with Crippen LogP contribution in [0.1, 0.15) is 41.4 Å². The molecule has 0 atom stereocenters. The molecule has 0 unspecified atom stereocenters. The highest BCUT2D eigenvalue weighted by Crippen LogP contribution is 2.20. The molecule has 1 fully saturated rings. The number of rotatable bonds is 5. The molecule has 2 aromatic rings. The first-order valence-corrected chi connectivity index (χ1v) is 9.47. The van der Waals surface area contributed by atoms with E-state index < -0.39 is 0 Å². The fourth-order valence-corrected chi connectivity index (χ4v) is 3.30. The van der Waals surface area contributed by atoms with Gasteiger partial charge in [0.2, 0.25) is 5.91 Å². The largest absolute Gasteiger partial charge is 0.343 e. The van der Waals surface area contributed by atoms with Gasteiger partial charge in [-0.3, -0.25) is 9.59 Å². The van der Waals surface area contributed by atoms with Crippen molar-refractivity contribution in [2.75, 3.05) is 13.1 Å². The maximum Gasteiger partial charge on any atom is 0.271 e. The van der Waals surface area contributed by atoms with Gasteiger partial charge < -0.3 is 4.90 Å². The van der Waals surface area contributed by atoms with E-state index in [-0.39, 0.29) is 17.7 Å². The number of amides is 2. The lowest BCUT2D eigenvalue weighted by molar-refractivity contribution is -0.129. The molecule has 28 heavy (non-hydrogen) atoms. The van der Waals surface area contributed by atoms with Gasteiger partial charge in [0.25, 0.3) is 5.91 Å². The van der Waals surface area contributed by atoms with Crippen molar-refractivity contribution in [3.63, 3.8) is 0 Å². The minimum absolute atomic E-state index is 0.0976. The second-order valence-electron chi connectivity index (χ2n) is 7.07. The van der Waals surface area contributed by atoms with Crippen molar-refractivity contribution in [3.8, 4) is 0 Å². The Bertz CT molecular complexity index is 841. The second-order valence-corrected chi connectivity index (χ2v) is 7.07. The molecule has 1 aromatic carbocycles. The van der Waals surface area contributed by atoms with Crippen LogP contribution in [-0.4, -0.2) is 45.5 Å². The number of piperidine rings is 1. The van der Waals surface area contributed by atoms with Gasteiger partial charge >= 0.3 is 0 Å². The summed E-state index contributed by atoms with van der Waals surface area (Å²) >= 11 is 0. The first-order valence-electron chi connectivity index (χ1n) is 9.47. The summed E-state index contributed by atoms with van der Waals surface area (Å²) in [5, 5.41) is 4.46. The van der Waals surface area contributed by atoms with E-state index >= 15 is 0 Å². The van der Waals surface area contributed by atoms with Crippen molar-refractivity contribution in [2.45, 2.75) is 33.1 Å². The third-order valence-electron chi connectivity index (χ3n) is 5.03. The molecule has 146 valence electrons. The topological polar surface area (TPSA) is 87.6 Å². The molecule has 1 aliphatic heterocycles. The predicted molar refractivity (Wildman–Crippen MR) is 107 cm³/mol. The highest BCUT2D eigenvalue weighted by molar-refractivity contribution is 5.96. The molecule has 7 nitrogen and oxygen atoms in total. The van der Waals surface area contributed by atoms with E-state index in [1.54, 1.807) is 25.3 Å². The molecule has 1 aromatic heterocycles. The van der Waals surface area contributed by atoms with Gasteiger partial charge in [0.1, 0.15) is 6.33 Å². The minimum atomic E-state index is -0.235. The van der Waals surface area contributed by atoms with Crippen molar-refractivity contribution in [1.29, 1.82) is 0 Å². The molecule has 2 amide bonds. The molecule has 0 radical (unpaired) electrons. The number of hydrazone groups is 1. The van der Waals surface area contributed by atoms with Crippen LogP contribution in [0.3, 0.4) is 0 Å². The predicted octanol–water partition coefficient (Wildman–Crippen LogP) is 2.37. The van der Waals surface area contributed by atoms with Crippen LogP contribution in [0.4, 0.5) is 0 Å². The van der Waals surface area contributed by atoms with Crippen LogP contribution in [0, 0.1) is 12.8 Å². The molecule has 1 aliphatic rings. The zero-order chi connectivity index (χ0) is 19.9. The number of nitrogens with zero attached hydrogens (tertiary/aromatic N) is 4. The molecular formula is C21H25N5O2. The Hall–Kier alpha value is -3.09. The van der Waals surface area contributed by atoms with Crippen LogP contribution >= 0.6 is 0 Å². The summed E-state index contributed by atoms with van der Waals surface area (Å²) in [6.07, 6.45) is 5.40. The standard InChI is InChI=1S/C21H25N5O2/c1-15-3-5-18(6-4-15)21(28)25-24-20(13-19-7-10-22-14-23-19)17-8-11-26(12-9-17)16(2)27/h3-7,10,14,17H,8-9,11-13H2,1-2H3,(H,25,28)/b24-20-.